The Balaban J connectivity index is 1.69. The van der Waals surface area contributed by atoms with E-state index in [1.54, 1.807) is 0 Å². The molecular weight excluding hydrogens is 336 g/mol. The lowest BCUT2D eigenvalue weighted by atomic mass is 9.96. The number of nitrogens with zero attached hydrogens (tertiary/aromatic N) is 1. The first-order valence-electron chi connectivity index (χ1n) is 9.86. The van der Waals surface area contributed by atoms with Gasteiger partial charge in [-0.2, -0.15) is 0 Å². The van der Waals surface area contributed by atoms with Crippen LogP contribution in [-0.4, -0.2) is 37.1 Å². The molecule has 1 fully saturated rings. The van der Waals surface area contributed by atoms with Crippen LogP contribution in [0.3, 0.4) is 0 Å². The Hall–Kier alpha value is -2.17. The summed E-state index contributed by atoms with van der Waals surface area (Å²) < 4.78 is 5.41. The average Bonchev–Trinajstić information content (AvgIpc) is 2.69. The molecule has 1 N–H and O–H groups in total. The minimum atomic E-state index is -0.00618. The maximum absolute atomic E-state index is 12.9. The van der Waals surface area contributed by atoms with Crippen molar-refractivity contribution in [2.45, 2.75) is 32.9 Å². The van der Waals surface area contributed by atoms with Gasteiger partial charge >= 0.3 is 0 Å². The van der Waals surface area contributed by atoms with E-state index in [2.05, 4.69) is 42.3 Å². The molecule has 0 saturated carbocycles. The topological polar surface area (TPSA) is 41.6 Å². The van der Waals surface area contributed by atoms with Crippen molar-refractivity contribution in [2.75, 3.05) is 26.3 Å². The molecule has 4 nitrogen and oxygen atoms in total. The molecule has 1 amide bonds. The van der Waals surface area contributed by atoms with Gasteiger partial charge in [-0.05, 0) is 35.6 Å². The maximum atomic E-state index is 12.9. The summed E-state index contributed by atoms with van der Waals surface area (Å²) in [6.45, 7) is 8.69. The summed E-state index contributed by atoms with van der Waals surface area (Å²) in [6, 6.07) is 18.2. The predicted octanol–water partition coefficient (Wildman–Crippen LogP) is 4.04. The fourth-order valence-electron chi connectivity index (χ4n) is 3.51. The van der Waals surface area contributed by atoms with Crippen LogP contribution in [0.4, 0.5) is 0 Å². The van der Waals surface area contributed by atoms with Crippen LogP contribution in [0.25, 0.3) is 0 Å². The Morgan fingerprint density at radius 2 is 1.81 bits per heavy atom. The highest BCUT2D eigenvalue weighted by Gasteiger charge is 2.18. The second-order valence-corrected chi connectivity index (χ2v) is 7.66. The van der Waals surface area contributed by atoms with Crippen LogP contribution in [0.2, 0.25) is 0 Å². The molecule has 1 heterocycles. The lowest BCUT2D eigenvalue weighted by Crippen LogP contribution is -2.35. The van der Waals surface area contributed by atoms with Gasteiger partial charge in [-0.3, -0.25) is 9.69 Å². The normalized spacial score (nSPS) is 16.3. The first-order valence-corrected chi connectivity index (χ1v) is 9.86. The Bertz CT molecular complexity index is 724. The van der Waals surface area contributed by atoms with Gasteiger partial charge in [-0.1, -0.05) is 56.3 Å². The Kier molecular flexibility index (Phi) is 7.02. The molecule has 0 aromatic heterocycles. The molecule has 0 radical (unpaired) electrons. The summed E-state index contributed by atoms with van der Waals surface area (Å²) in [5, 5.41) is 3.24. The van der Waals surface area contributed by atoms with Crippen LogP contribution in [0.1, 0.15) is 47.8 Å². The molecule has 1 saturated heterocycles. The summed E-state index contributed by atoms with van der Waals surface area (Å²) in [4.78, 5) is 15.3. The molecule has 1 aliphatic rings. The monoisotopic (exact) mass is 366 g/mol. The summed E-state index contributed by atoms with van der Waals surface area (Å²) >= 11 is 0. The van der Waals surface area contributed by atoms with Crippen LogP contribution in [0.5, 0.6) is 0 Å². The van der Waals surface area contributed by atoms with Crippen LogP contribution in [0, 0.1) is 5.92 Å². The van der Waals surface area contributed by atoms with Crippen LogP contribution >= 0.6 is 0 Å². The van der Waals surface area contributed by atoms with Crippen LogP contribution in [-0.2, 0) is 11.3 Å². The number of carbonyl (C=O) groups excluding carboxylic acids is 1. The summed E-state index contributed by atoms with van der Waals surface area (Å²) in [5.74, 6) is 0.497. The first-order chi connectivity index (χ1) is 13.1. The molecule has 1 aliphatic heterocycles. The van der Waals surface area contributed by atoms with E-state index in [0.717, 1.165) is 50.4 Å². The molecule has 0 spiro atoms. The van der Waals surface area contributed by atoms with Gasteiger partial charge in [0.15, 0.2) is 0 Å². The second kappa shape index (κ2) is 9.67. The summed E-state index contributed by atoms with van der Waals surface area (Å²) in [5.41, 5.74) is 3.05. The highest BCUT2D eigenvalue weighted by Crippen LogP contribution is 2.22. The van der Waals surface area contributed by atoms with E-state index in [1.807, 2.05) is 36.4 Å². The average molecular weight is 367 g/mol. The molecule has 1 atom stereocenters. The molecule has 2 aromatic rings. The molecule has 27 heavy (non-hydrogen) atoms. The molecule has 0 aliphatic carbocycles. The largest absolute Gasteiger partial charge is 0.379 e. The lowest BCUT2D eigenvalue weighted by molar-refractivity contribution is 0.0342. The van der Waals surface area contributed by atoms with Crippen molar-refractivity contribution in [1.82, 2.24) is 10.2 Å². The van der Waals surface area contributed by atoms with Gasteiger partial charge < -0.3 is 10.1 Å². The Labute approximate surface area is 162 Å². The number of rotatable bonds is 7. The third kappa shape index (κ3) is 5.91. The highest BCUT2D eigenvalue weighted by atomic mass is 16.5. The quantitative estimate of drug-likeness (QED) is 0.804. The molecule has 3 rings (SSSR count). The fraction of sp³-hybridized carbons (Fsp3) is 0.435. The first kappa shape index (κ1) is 19.6. The van der Waals surface area contributed by atoms with Gasteiger partial charge in [0.05, 0.1) is 19.3 Å². The highest BCUT2D eigenvalue weighted by molar-refractivity contribution is 5.94. The minimum absolute atomic E-state index is 0.00618. The molecule has 0 bridgehead atoms. The molecular formula is C23H30N2O2. The van der Waals surface area contributed by atoms with Gasteiger partial charge in [0.2, 0.25) is 0 Å². The SMILES string of the molecule is CC(C)CC(NC(=O)c1cccc(CN2CCOCC2)c1)c1ccccc1. The van der Waals surface area contributed by atoms with Crippen molar-refractivity contribution in [3.05, 3.63) is 71.3 Å². The van der Waals surface area contributed by atoms with Gasteiger partial charge in [0.25, 0.3) is 5.91 Å². The van der Waals surface area contributed by atoms with E-state index in [9.17, 15) is 4.79 Å². The van der Waals surface area contributed by atoms with Crippen molar-refractivity contribution in [1.29, 1.82) is 0 Å². The third-order valence-corrected chi connectivity index (χ3v) is 4.91. The summed E-state index contributed by atoms with van der Waals surface area (Å²) in [7, 11) is 0. The number of amides is 1. The van der Waals surface area contributed by atoms with Crippen molar-refractivity contribution in [2.24, 2.45) is 5.92 Å². The molecule has 144 valence electrons. The summed E-state index contributed by atoms with van der Waals surface area (Å²) in [6.07, 6.45) is 0.920. The fourth-order valence-corrected chi connectivity index (χ4v) is 3.51. The number of hydrogen-bond donors (Lipinski definition) is 1. The zero-order valence-electron chi connectivity index (χ0n) is 16.4. The number of ether oxygens (including phenoxy) is 1. The van der Waals surface area contributed by atoms with Crippen molar-refractivity contribution < 1.29 is 9.53 Å². The van der Waals surface area contributed by atoms with Gasteiger partial charge in [0.1, 0.15) is 0 Å². The van der Waals surface area contributed by atoms with E-state index in [4.69, 9.17) is 4.74 Å². The smallest absolute Gasteiger partial charge is 0.251 e. The number of nitrogens with one attached hydrogen (secondary N) is 1. The number of morpholine rings is 1. The van der Waals surface area contributed by atoms with Gasteiger partial charge in [0, 0.05) is 25.2 Å². The van der Waals surface area contributed by atoms with E-state index in [1.165, 1.54) is 5.56 Å². The van der Waals surface area contributed by atoms with Crippen LogP contribution < -0.4 is 5.32 Å². The van der Waals surface area contributed by atoms with Crippen molar-refractivity contribution in [3.8, 4) is 0 Å². The predicted molar refractivity (Wildman–Crippen MR) is 109 cm³/mol. The zero-order chi connectivity index (χ0) is 19.1. The Morgan fingerprint density at radius 3 is 2.52 bits per heavy atom. The number of carbonyl (C=O) groups is 1. The van der Waals surface area contributed by atoms with E-state index in [-0.39, 0.29) is 11.9 Å². The minimum Gasteiger partial charge on any atom is -0.379 e. The lowest BCUT2D eigenvalue weighted by Gasteiger charge is -2.26. The van der Waals surface area contributed by atoms with E-state index < -0.39 is 0 Å². The number of hydrogen-bond acceptors (Lipinski definition) is 3. The van der Waals surface area contributed by atoms with Crippen LogP contribution in [0.15, 0.2) is 54.6 Å². The number of benzene rings is 2. The van der Waals surface area contributed by atoms with Crippen molar-refractivity contribution >= 4 is 5.91 Å². The maximum Gasteiger partial charge on any atom is 0.251 e. The third-order valence-electron chi connectivity index (χ3n) is 4.91. The van der Waals surface area contributed by atoms with Gasteiger partial charge in [-0.15, -0.1) is 0 Å². The molecule has 1 unspecified atom stereocenters. The standard InChI is InChI=1S/C23H30N2O2/c1-18(2)15-22(20-8-4-3-5-9-20)24-23(26)21-10-6-7-19(16-21)17-25-11-13-27-14-12-25/h3-10,16,18,22H,11-15,17H2,1-2H3,(H,24,26). The second-order valence-electron chi connectivity index (χ2n) is 7.66. The van der Waals surface area contributed by atoms with E-state index in [0.29, 0.717) is 5.92 Å². The Morgan fingerprint density at radius 1 is 1.07 bits per heavy atom. The molecule has 4 heteroatoms. The van der Waals surface area contributed by atoms with E-state index >= 15 is 0 Å². The van der Waals surface area contributed by atoms with Crippen molar-refractivity contribution in [3.63, 3.8) is 0 Å². The molecule has 2 aromatic carbocycles. The van der Waals surface area contributed by atoms with Gasteiger partial charge in [-0.25, -0.2) is 0 Å². The zero-order valence-corrected chi connectivity index (χ0v) is 16.4.